The van der Waals surface area contributed by atoms with Crippen molar-refractivity contribution in [2.45, 2.75) is 32.3 Å². The summed E-state index contributed by atoms with van der Waals surface area (Å²) in [5, 5.41) is 2.98. The van der Waals surface area contributed by atoms with Gasteiger partial charge in [-0.1, -0.05) is 24.3 Å². The number of hydrogen-bond acceptors (Lipinski definition) is 4. The zero-order chi connectivity index (χ0) is 19.4. The minimum Gasteiger partial charge on any atom is -0.492 e. The number of carbonyl (C=O) groups is 1. The molecule has 0 radical (unpaired) electrons. The lowest BCUT2D eigenvalue weighted by atomic mass is 9.84. The van der Waals surface area contributed by atoms with E-state index in [1.54, 1.807) is 0 Å². The van der Waals surface area contributed by atoms with Gasteiger partial charge in [-0.3, -0.25) is 4.79 Å². The Kier molecular flexibility index (Phi) is 6.01. The van der Waals surface area contributed by atoms with E-state index in [1.165, 1.54) is 0 Å². The first-order valence-corrected chi connectivity index (χ1v) is 9.41. The summed E-state index contributed by atoms with van der Waals surface area (Å²) in [6, 6.07) is 13.9. The minimum absolute atomic E-state index is 0.0114. The van der Waals surface area contributed by atoms with E-state index in [4.69, 9.17) is 9.47 Å². The van der Waals surface area contributed by atoms with Crippen LogP contribution in [0.3, 0.4) is 0 Å². The van der Waals surface area contributed by atoms with Gasteiger partial charge in [0.1, 0.15) is 18.1 Å². The third-order valence-electron chi connectivity index (χ3n) is 4.53. The summed E-state index contributed by atoms with van der Waals surface area (Å²) in [6.45, 7) is 5.42. The molecule has 0 saturated carbocycles. The molecule has 5 heteroatoms. The second-order valence-electron chi connectivity index (χ2n) is 7.41. The van der Waals surface area contributed by atoms with E-state index in [2.05, 4.69) is 16.3 Å². The molecule has 2 aromatic carbocycles. The average molecular weight is 368 g/mol. The van der Waals surface area contributed by atoms with E-state index >= 15 is 0 Å². The maximum Gasteiger partial charge on any atom is 0.225 e. The van der Waals surface area contributed by atoms with Gasteiger partial charge in [-0.2, -0.15) is 0 Å². The Morgan fingerprint density at radius 3 is 2.67 bits per heavy atom. The largest absolute Gasteiger partial charge is 0.492 e. The number of para-hydroxylation sites is 1. The first kappa shape index (κ1) is 19.2. The molecule has 0 bridgehead atoms. The van der Waals surface area contributed by atoms with Crippen LogP contribution in [0.15, 0.2) is 42.5 Å². The van der Waals surface area contributed by atoms with E-state index in [9.17, 15) is 4.79 Å². The molecule has 27 heavy (non-hydrogen) atoms. The molecule has 3 rings (SSSR count). The van der Waals surface area contributed by atoms with Gasteiger partial charge in [0, 0.05) is 36.2 Å². The van der Waals surface area contributed by atoms with Gasteiger partial charge in [-0.15, -0.1) is 0 Å². The average Bonchev–Trinajstić information content (AvgIpc) is 2.60. The van der Waals surface area contributed by atoms with Crippen molar-refractivity contribution in [1.29, 1.82) is 0 Å². The van der Waals surface area contributed by atoms with Crippen LogP contribution < -0.4 is 14.8 Å². The van der Waals surface area contributed by atoms with Crippen molar-refractivity contribution >= 4 is 11.6 Å². The minimum atomic E-state index is -0.0302. The van der Waals surface area contributed by atoms with Crippen molar-refractivity contribution in [3.05, 3.63) is 53.6 Å². The summed E-state index contributed by atoms with van der Waals surface area (Å²) in [4.78, 5) is 14.4. The second kappa shape index (κ2) is 8.44. The molecule has 1 atom stereocenters. The number of fused-ring (bicyclic) bond motifs is 1. The number of amides is 1. The summed E-state index contributed by atoms with van der Waals surface area (Å²) in [7, 11) is 4.04. The molecular weight excluding hydrogens is 340 g/mol. The standard InChI is InChI=1S/C22H28N2O3/c1-15(2)27-16-9-10-17-19(14-22(25)23-20(17)13-16)18-7-5-6-8-21(18)26-12-11-24(3)4/h5-10,13,15,19H,11-12,14H2,1-4H3,(H,23,25). The van der Waals surface area contributed by atoms with Crippen LogP contribution in [-0.4, -0.2) is 44.2 Å². The van der Waals surface area contributed by atoms with E-state index in [0.29, 0.717) is 13.0 Å². The lowest BCUT2D eigenvalue weighted by molar-refractivity contribution is -0.116. The van der Waals surface area contributed by atoms with Gasteiger partial charge >= 0.3 is 0 Å². The van der Waals surface area contributed by atoms with Crippen molar-refractivity contribution in [3.8, 4) is 11.5 Å². The molecule has 144 valence electrons. The Hall–Kier alpha value is -2.53. The number of rotatable bonds is 7. The lowest BCUT2D eigenvalue weighted by Crippen LogP contribution is -2.24. The molecular formula is C22H28N2O3. The van der Waals surface area contributed by atoms with Crippen LogP contribution in [0.25, 0.3) is 0 Å². The maximum absolute atomic E-state index is 12.4. The number of likely N-dealkylation sites (N-methyl/N-ethyl adjacent to an activating group) is 1. The highest BCUT2D eigenvalue weighted by molar-refractivity contribution is 5.95. The quantitative estimate of drug-likeness (QED) is 0.806. The molecule has 5 nitrogen and oxygen atoms in total. The smallest absolute Gasteiger partial charge is 0.225 e. The van der Waals surface area contributed by atoms with Crippen molar-refractivity contribution in [2.75, 3.05) is 32.6 Å². The number of nitrogens with zero attached hydrogens (tertiary/aromatic N) is 1. The highest BCUT2D eigenvalue weighted by Gasteiger charge is 2.29. The molecule has 0 aromatic heterocycles. The van der Waals surface area contributed by atoms with Crippen LogP contribution in [0, 0.1) is 0 Å². The number of anilines is 1. The fourth-order valence-electron chi connectivity index (χ4n) is 3.31. The Morgan fingerprint density at radius 1 is 1.15 bits per heavy atom. The molecule has 0 fully saturated rings. The number of benzene rings is 2. The number of hydrogen-bond donors (Lipinski definition) is 1. The van der Waals surface area contributed by atoms with Crippen LogP contribution in [0.1, 0.15) is 37.3 Å². The van der Waals surface area contributed by atoms with Crippen molar-refractivity contribution in [3.63, 3.8) is 0 Å². The van der Waals surface area contributed by atoms with E-state index in [1.807, 2.05) is 64.3 Å². The SMILES string of the molecule is CC(C)Oc1ccc2c(c1)NC(=O)CC2c1ccccc1OCCN(C)C. The van der Waals surface area contributed by atoms with E-state index in [0.717, 1.165) is 34.9 Å². The zero-order valence-electron chi connectivity index (χ0n) is 16.5. The summed E-state index contributed by atoms with van der Waals surface area (Å²) in [5.74, 6) is 1.59. The number of ether oxygens (including phenoxy) is 2. The molecule has 0 saturated heterocycles. The molecule has 2 aromatic rings. The lowest BCUT2D eigenvalue weighted by Gasteiger charge is -2.28. The molecule has 1 amide bonds. The third kappa shape index (κ3) is 4.80. The van der Waals surface area contributed by atoms with Crippen molar-refractivity contribution in [2.24, 2.45) is 0 Å². The van der Waals surface area contributed by atoms with Gasteiger partial charge in [0.2, 0.25) is 5.91 Å². The number of carbonyl (C=O) groups excluding carboxylic acids is 1. The summed E-state index contributed by atoms with van der Waals surface area (Å²) >= 11 is 0. The summed E-state index contributed by atoms with van der Waals surface area (Å²) in [6.07, 6.45) is 0.495. The van der Waals surface area contributed by atoms with Crippen molar-refractivity contribution < 1.29 is 14.3 Å². The van der Waals surface area contributed by atoms with Gasteiger partial charge in [-0.05, 0) is 45.6 Å². The van der Waals surface area contributed by atoms with Crippen LogP contribution in [-0.2, 0) is 4.79 Å². The molecule has 1 heterocycles. The Morgan fingerprint density at radius 2 is 1.93 bits per heavy atom. The van der Waals surface area contributed by atoms with Gasteiger partial charge in [-0.25, -0.2) is 0 Å². The van der Waals surface area contributed by atoms with E-state index in [-0.39, 0.29) is 17.9 Å². The van der Waals surface area contributed by atoms with E-state index < -0.39 is 0 Å². The third-order valence-corrected chi connectivity index (χ3v) is 4.53. The van der Waals surface area contributed by atoms with Crippen molar-refractivity contribution in [1.82, 2.24) is 4.90 Å². The second-order valence-corrected chi connectivity index (χ2v) is 7.41. The van der Waals surface area contributed by atoms with Crippen LogP contribution in [0.5, 0.6) is 11.5 Å². The van der Waals surface area contributed by atoms with Crippen LogP contribution >= 0.6 is 0 Å². The molecule has 1 aliphatic heterocycles. The van der Waals surface area contributed by atoms with Crippen LogP contribution in [0.4, 0.5) is 5.69 Å². The first-order valence-electron chi connectivity index (χ1n) is 9.41. The predicted octanol–water partition coefficient (Wildman–Crippen LogP) is 3.89. The summed E-state index contributed by atoms with van der Waals surface area (Å²) < 4.78 is 11.8. The van der Waals surface area contributed by atoms with Gasteiger partial charge in [0.25, 0.3) is 0 Å². The van der Waals surface area contributed by atoms with Gasteiger partial charge in [0.05, 0.1) is 6.10 Å². The Balaban J connectivity index is 1.91. The number of nitrogens with one attached hydrogen (secondary N) is 1. The molecule has 1 unspecified atom stereocenters. The highest BCUT2D eigenvalue weighted by atomic mass is 16.5. The highest BCUT2D eigenvalue weighted by Crippen LogP contribution is 2.42. The monoisotopic (exact) mass is 368 g/mol. The fourth-order valence-corrected chi connectivity index (χ4v) is 3.31. The van der Waals surface area contributed by atoms with Gasteiger partial charge in [0.15, 0.2) is 0 Å². The molecule has 0 aliphatic carbocycles. The molecule has 0 spiro atoms. The Bertz CT molecular complexity index is 802. The maximum atomic E-state index is 12.4. The Labute approximate surface area is 161 Å². The normalized spacial score (nSPS) is 16.2. The molecule has 1 N–H and O–H groups in total. The topological polar surface area (TPSA) is 50.8 Å². The van der Waals surface area contributed by atoms with Gasteiger partial charge < -0.3 is 19.7 Å². The van der Waals surface area contributed by atoms with Crippen LogP contribution in [0.2, 0.25) is 0 Å². The summed E-state index contributed by atoms with van der Waals surface area (Å²) in [5.41, 5.74) is 2.96. The predicted molar refractivity (Wildman–Crippen MR) is 108 cm³/mol. The zero-order valence-corrected chi connectivity index (χ0v) is 16.5. The molecule has 1 aliphatic rings. The fraction of sp³-hybridized carbons (Fsp3) is 0.409. The first-order chi connectivity index (χ1) is 12.9.